The lowest BCUT2D eigenvalue weighted by atomic mass is 10.2. The van der Waals surface area contributed by atoms with E-state index in [1.807, 2.05) is 23.9 Å². The Hall–Kier alpha value is -0.0000000000000000833. The lowest BCUT2D eigenvalue weighted by Crippen LogP contribution is -2.29. The lowest BCUT2D eigenvalue weighted by molar-refractivity contribution is 0.0958. The summed E-state index contributed by atoms with van der Waals surface area (Å²) < 4.78 is 1.00. The first-order valence-corrected chi connectivity index (χ1v) is 7.56. The number of carbonyl (C=O) groups is 1. The number of carbonyl (C=O) groups excluding carboxylic acids is 1. The third-order valence-corrected chi connectivity index (χ3v) is 5.33. The van der Waals surface area contributed by atoms with Gasteiger partial charge in [-0.1, -0.05) is 0 Å². The highest BCUT2D eigenvalue weighted by molar-refractivity contribution is 9.11. The van der Waals surface area contributed by atoms with Gasteiger partial charge < -0.3 is 5.32 Å². The molecule has 1 aromatic heterocycles. The van der Waals surface area contributed by atoms with Crippen molar-refractivity contribution in [2.75, 3.05) is 12.3 Å². The van der Waals surface area contributed by atoms with Gasteiger partial charge in [0.05, 0.1) is 8.66 Å². The number of thioether (sulfide) groups is 1. The minimum atomic E-state index is 0.0539. The molecule has 1 amide bonds. The minimum Gasteiger partial charge on any atom is -0.350 e. The molecule has 0 saturated carbocycles. The van der Waals surface area contributed by atoms with Crippen molar-refractivity contribution in [2.24, 2.45) is 0 Å². The molecule has 2 nitrogen and oxygen atoms in total. The number of hydrogen-bond donors (Lipinski definition) is 1. The van der Waals surface area contributed by atoms with E-state index < -0.39 is 0 Å². The molecule has 0 unspecified atom stereocenters. The Labute approximate surface area is 106 Å². The summed E-state index contributed by atoms with van der Waals surface area (Å²) in [6.07, 6.45) is 2.52. The van der Waals surface area contributed by atoms with Gasteiger partial charge in [-0.25, -0.2) is 0 Å². The summed E-state index contributed by atoms with van der Waals surface area (Å²) in [7, 11) is 0. The maximum absolute atomic E-state index is 11.7. The molecule has 0 radical (unpaired) electrons. The minimum absolute atomic E-state index is 0.0539. The van der Waals surface area contributed by atoms with Crippen LogP contribution in [0.15, 0.2) is 15.9 Å². The number of nitrogens with one attached hydrogen (secondary N) is 1. The largest absolute Gasteiger partial charge is 0.350 e. The van der Waals surface area contributed by atoms with Crippen LogP contribution in [-0.4, -0.2) is 23.5 Å². The molecule has 0 aliphatic carbocycles. The molecule has 5 heteroatoms. The van der Waals surface area contributed by atoms with E-state index >= 15 is 0 Å². The average Bonchev–Trinajstić information content (AvgIpc) is 2.84. The predicted octanol–water partition coefficient (Wildman–Crippen LogP) is 3.14. The van der Waals surface area contributed by atoms with Gasteiger partial charge in [0.25, 0.3) is 5.91 Å². The molecule has 15 heavy (non-hydrogen) atoms. The van der Waals surface area contributed by atoms with E-state index in [1.54, 1.807) is 0 Å². The van der Waals surface area contributed by atoms with Crippen molar-refractivity contribution in [1.29, 1.82) is 0 Å². The second kappa shape index (κ2) is 5.37. The van der Waals surface area contributed by atoms with Crippen molar-refractivity contribution >= 4 is 44.9 Å². The van der Waals surface area contributed by atoms with Gasteiger partial charge in [0.2, 0.25) is 0 Å². The van der Waals surface area contributed by atoms with Crippen LogP contribution in [0.25, 0.3) is 0 Å². The number of halogens is 1. The van der Waals surface area contributed by atoms with Crippen molar-refractivity contribution in [3.63, 3.8) is 0 Å². The van der Waals surface area contributed by atoms with E-state index in [4.69, 9.17) is 0 Å². The second-order valence-corrected chi connectivity index (χ2v) is 7.32. The van der Waals surface area contributed by atoms with Crippen LogP contribution >= 0.6 is 39.0 Å². The van der Waals surface area contributed by atoms with Gasteiger partial charge in [-0.2, -0.15) is 11.8 Å². The monoisotopic (exact) mass is 305 g/mol. The van der Waals surface area contributed by atoms with E-state index in [0.717, 1.165) is 15.2 Å². The molecule has 1 aliphatic rings. The molecule has 0 spiro atoms. The molecule has 82 valence electrons. The Bertz CT molecular complexity index is 347. The van der Waals surface area contributed by atoms with Crippen LogP contribution in [0.3, 0.4) is 0 Å². The molecule has 1 saturated heterocycles. The zero-order chi connectivity index (χ0) is 10.7. The second-order valence-electron chi connectivity index (χ2n) is 3.45. The van der Waals surface area contributed by atoms with Crippen LogP contribution in [0, 0.1) is 0 Å². The van der Waals surface area contributed by atoms with Gasteiger partial charge in [0.15, 0.2) is 0 Å². The van der Waals surface area contributed by atoms with Crippen molar-refractivity contribution in [3.05, 3.63) is 20.8 Å². The van der Waals surface area contributed by atoms with E-state index in [1.165, 1.54) is 29.9 Å². The molecular formula is C10H12BrNOS2. The van der Waals surface area contributed by atoms with Crippen LogP contribution in [0.1, 0.15) is 22.5 Å². The third kappa shape index (κ3) is 3.23. The number of amides is 1. The smallest absolute Gasteiger partial charge is 0.261 e. The van der Waals surface area contributed by atoms with E-state index in [2.05, 4.69) is 21.2 Å². The maximum Gasteiger partial charge on any atom is 0.261 e. The predicted molar refractivity (Wildman–Crippen MR) is 69.8 cm³/mol. The zero-order valence-electron chi connectivity index (χ0n) is 8.16. The lowest BCUT2D eigenvalue weighted by Gasteiger charge is -2.08. The third-order valence-electron chi connectivity index (χ3n) is 2.31. The van der Waals surface area contributed by atoms with Crippen molar-refractivity contribution in [2.45, 2.75) is 18.1 Å². The number of thiophene rings is 1. The topological polar surface area (TPSA) is 29.1 Å². The first kappa shape index (κ1) is 11.5. The molecule has 2 rings (SSSR count). The molecule has 2 heterocycles. The summed E-state index contributed by atoms with van der Waals surface area (Å²) in [4.78, 5) is 12.5. The quantitative estimate of drug-likeness (QED) is 0.929. The van der Waals surface area contributed by atoms with Gasteiger partial charge in [-0.05, 0) is 46.7 Å². The Kier molecular flexibility index (Phi) is 4.11. The van der Waals surface area contributed by atoms with Crippen LogP contribution in [0.5, 0.6) is 0 Å². The highest BCUT2D eigenvalue weighted by Gasteiger charge is 2.17. The summed E-state index contributed by atoms with van der Waals surface area (Å²) in [5.41, 5.74) is 0. The standard InChI is InChI=1S/C10H12BrNOS2/c11-9-4-3-8(15-9)10(13)12-6-7-2-1-5-14-7/h3-4,7H,1-2,5-6H2,(H,12,13)/t7-/m1/s1. The summed E-state index contributed by atoms with van der Waals surface area (Å²) >= 11 is 6.79. The van der Waals surface area contributed by atoms with Crippen LogP contribution in [-0.2, 0) is 0 Å². The Morgan fingerprint density at radius 1 is 1.60 bits per heavy atom. The van der Waals surface area contributed by atoms with Crippen LogP contribution in [0.4, 0.5) is 0 Å². The Balaban J connectivity index is 1.81. The molecule has 0 aromatic carbocycles. The van der Waals surface area contributed by atoms with E-state index in [0.29, 0.717) is 5.25 Å². The summed E-state index contributed by atoms with van der Waals surface area (Å²) in [6, 6.07) is 3.76. The fraction of sp³-hybridized carbons (Fsp3) is 0.500. The molecule has 1 aliphatic heterocycles. The van der Waals surface area contributed by atoms with E-state index in [9.17, 15) is 4.79 Å². The molecule has 1 fully saturated rings. The molecule has 0 bridgehead atoms. The number of hydrogen-bond acceptors (Lipinski definition) is 3. The average molecular weight is 306 g/mol. The van der Waals surface area contributed by atoms with Crippen LogP contribution < -0.4 is 5.32 Å². The molecular weight excluding hydrogens is 294 g/mol. The highest BCUT2D eigenvalue weighted by Crippen LogP contribution is 2.26. The van der Waals surface area contributed by atoms with Crippen molar-refractivity contribution in [3.8, 4) is 0 Å². The maximum atomic E-state index is 11.7. The normalized spacial score (nSPS) is 20.5. The fourth-order valence-electron chi connectivity index (χ4n) is 1.54. The number of rotatable bonds is 3. The molecule has 1 N–H and O–H groups in total. The van der Waals surface area contributed by atoms with E-state index in [-0.39, 0.29) is 5.91 Å². The van der Waals surface area contributed by atoms with Crippen molar-refractivity contribution in [1.82, 2.24) is 5.32 Å². The van der Waals surface area contributed by atoms with Gasteiger partial charge in [-0.3, -0.25) is 4.79 Å². The Morgan fingerprint density at radius 2 is 2.47 bits per heavy atom. The zero-order valence-corrected chi connectivity index (χ0v) is 11.4. The van der Waals surface area contributed by atoms with Gasteiger partial charge in [0.1, 0.15) is 0 Å². The Morgan fingerprint density at radius 3 is 3.07 bits per heavy atom. The summed E-state index contributed by atoms with van der Waals surface area (Å²) in [6.45, 7) is 0.805. The molecule has 1 aromatic rings. The van der Waals surface area contributed by atoms with Gasteiger partial charge in [0, 0.05) is 11.8 Å². The SMILES string of the molecule is O=C(NC[C@H]1CCCS1)c1ccc(Br)s1. The van der Waals surface area contributed by atoms with Gasteiger partial charge >= 0.3 is 0 Å². The van der Waals surface area contributed by atoms with Crippen molar-refractivity contribution < 1.29 is 4.79 Å². The van der Waals surface area contributed by atoms with Crippen LogP contribution in [0.2, 0.25) is 0 Å². The summed E-state index contributed by atoms with van der Waals surface area (Å²) in [5, 5.41) is 3.61. The van der Waals surface area contributed by atoms with Gasteiger partial charge in [-0.15, -0.1) is 11.3 Å². The fourth-order valence-corrected chi connectivity index (χ4v) is 4.04. The first-order valence-electron chi connectivity index (χ1n) is 4.91. The molecule has 1 atom stereocenters. The summed E-state index contributed by atoms with van der Waals surface area (Å²) in [5.74, 6) is 1.30. The highest BCUT2D eigenvalue weighted by atomic mass is 79.9. The first-order chi connectivity index (χ1) is 7.25.